The number of anilines is 1. The minimum atomic E-state index is 0.441. The Hall–Kier alpha value is -1.26. The van der Waals surface area contributed by atoms with Gasteiger partial charge >= 0.3 is 0 Å². The number of methoxy groups -OCH3 is 2. The summed E-state index contributed by atoms with van der Waals surface area (Å²) in [7, 11) is 3.66. The molecule has 1 aromatic rings. The Labute approximate surface area is 158 Å². The van der Waals surface area contributed by atoms with Crippen molar-refractivity contribution in [3.63, 3.8) is 0 Å². The first-order valence-corrected chi connectivity index (χ1v) is 10.4. The predicted octanol–water partition coefficient (Wildman–Crippen LogP) is 3.95. The van der Waals surface area contributed by atoms with E-state index in [4.69, 9.17) is 9.47 Å². The summed E-state index contributed by atoms with van der Waals surface area (Å²) in [6.07, 6.45) is 9.71. The average Bonchev–Trinajstić information content (AvgIpc) is 3.09. The molecule has 0 aromatic heterocycles. The Morgan fingerprint density at radius 3 is 2.58 bits per heavy atom. The number of hydrogen-bond donors (Lipinski definition) is 0. The molecule has 1 spiro atoms. The third-order valence-electron chi connectivity index (χ3n) is 7.15. The summed E-state index contributed by atoms with van der Waals surface area (Å²) >= 11 is 0. The van der Waals surface area contributed by atoms with Gasteiger partial charge in [-0.2, -0.15) is 0 Å². The van der Waals surface area contributed by atoms with E-state index in [1.807, 2.05) is 13.2 Å². The number of piperidine rings is 2. The number of likely N-dealkylation sites (tertiary alicyclic amines) is 1. The molecule has 2 aliphatic heterocycles. The minimum absolute atomic E-state index is 0.441. The highest BCUT2D eigenvalue weighted by Gasteiger charge is 2.46. The lowest BCUT2D eigenvalue weighted by molar-refractivity contribution is -0.0469. The summed E-state index contributed by atoms with van der Waals surface area (Å²) in [6.45, 7) is 4.83. The van der Waals surface area contributed by atoms with Gasteiger partial charge < -0.3 is 14.4 Å². The summed E-state index contributed by atoms with van der Waals surface area (Å²) in [4.78, 5) is 5.33. The molecule has 4 heteroatoms. The van der Waals surface area contributed by atoms with Gasteiger partial charge in [-0.15, -0.1) is 0 Å². The van der Waals surface area contributed by atoms with Gasteiger partial charge in [-0.1, -0.05) is 12.5 Å². The molecule has 144 valence electrons. The fourth-order valence-electron chi connectivity index (χ4n) is 5.75. The Kier molecular flexibility index (Phi) is 5.42. The quantitative estimate of drug-likeness (QED) is 0.814. The van der Waals surface area contributed by atoms with Crippen molar-refractivity contribution in [3.8, 4) is 5.75 Å². The van der Waals surface area contributed by atoms with Gasteiger partial charge in [0.1, 0.15) is 5.75 Å². The van der Waals surface area contributed by atoms with Crippen molar-refractivity contribution >= 4 is 5.69 Å². The van der Waals surface area contributed by atoms with E-state index in [2.05, 4.69) is 28.0 Å². The molecule has 1 aliphatic carbocycles. The normalized spacial score (nSPS) is 30.8. The highest BCUT2D eigenvalue weighted by Crippen LogP contribution is 2.47. The highest BCUT2D eigenvalue weighted by atomic mass is 16.5. The molecule has 26 heavy (non-hydrogen) atoms. The molecule has 2 saturated heterocycles. The van der Waals surface area contributed by atoms with Crippen LogP contribution in [0.5, 0.6) is 5.75 Å². The molecule has 3 fully saturated rings. The first kappa shape index (κ1) is 18.1. The number of nitrogens with zero attached hydrogens (tertiary/aromatic N) is 2. The van der Waals surface area contributed by atoms with E-state index in [-0.39, 0.29) is 0 Å². The van der Waals surface area contributed by atoms with Gasteiger partial charge in [0.25, 0.3) is 0 Å². The van der Waals surface area contributed by atoms with Gasteiger partial charge in [0, 0.05) is 50.0 Å². The summed E-state index contributed by atoms with van der Waals surface area (Å²) in [6, 6.07) is 9.24. The first-order chi connectivity index (χ1) is 12.7. The fraction of sp³-hybridized carbons (Fsp3) is 0.727. The standard InChI is InChI=1S/C22H34N2O2/c1-25-20-7-3-6-19(16-20)23-14-9-18(10-15-23)24-13-5-12-22(17-24)11-4-8-21(22)26-2/h3,6-7,16,18,21H,4-5,8-15,17H2,1-2H3/t21-,22+/m1/s1. The van der Waals surface area contributed by atoms with E-state index < -0.39 is 0 Å². The molecule has 2 heterocycles. The zero-order valence-electron chi connectivity index (χ0n) is 16.5. The van der Waals surface area contributed by atoms with Crippen LogP contribution in [0.15, 0.2) is 24.3 Å². The van der Waals surface area contributed by atoms with Gasteiger partial charge in [0.2, 0.25) is 0 Å². The van der Waals surface area contributed by atoms with Crippen molar-refractivity contribution in [1.29, 1.82) is 0 Å². The lowest BCUT2D eigenvalue weighted by Crippen LogP contribution is -2.53. The summed E-state index contributed by atoms with van der Waals surface area (Å²) in [5, 5.41) is 0. The maximum atomic E-state index is 5.89. The lowest BCUT2D eigenvalue weighted by Gasteiger charge is -2.48. The van der Waals surface area contributed by atoms with Crippen LogP contribution in [0.1, 0.15) is 44.9 Å². The zero-order valence-corrected chi connectivity index (χ0v) is 16.5. The maximum absolute atomic E-state index is 5.89. The van der Waals surface area contributed by atoms with Crippen molar-refractivity contribution in [2.75, 3.05) is 45.3 Å². The summed E-state index contributed by atoms with van der Waals surface area (Å²) in [5.41, 5.74) is 1.74. The van der Waals surface area contributed by atoms with Crippen molar-refractivity contribution in [3.05, 3.63) is 24.3 Å². The number of benzene rings is 1. The topological polar surface area (TPSA) is 24.9 Å². The number of ether oxygens (including phenoxy) is 2. The SMILES string of the molecule is COc1cccc(N2CCC(N3CCC[C@@]4(CCC[C@H]4OC)C3)CC2)c1. The van der Waals surface area contributed by atoms with Gasteiger partial charge in [0.15, 0.2) is 0 Å². The molecule has 3 aliphatic rings. The second-order valence-corrected chi connectivity index (χ2v) is 8.47. The van der Waals surface area contributed by atoms with Gasteiger partial charge in [-0.3, -0.25) is 4.90 Å². The van der Waals surface area contributed by atoms with E-state index >= 15 is 0 Å². The van der Waals surface area contributed by atoms with Crippen LogP contribution in [0.25, 0.3) is 0 Å². The van der Waals surface area contributed by atoms with E-state index in [1.54, 1.807) is 7.11 Å². The van der Waals surface area contributed by atoms with Crippen LogP contribution in [0.4, 0.5) is 5.69 Å². The average molecular weight is 359 g/mol. The largest absolute Gasteiger partial charge is 0.497 e. The molecule has 1 aromatic carbocycles. The van der Waals surface area contributed by atoms with Gasteiger partial charge in [-0.25, -0.2) is 0 Å². The van der Waals surface area contributed by atoms with Crippen LogP contribution in [0, 0.1) is 5.41 Å². The lowest BCUT2D eigenvalue weighted by atomic mass is 9.76. The third-order valence-corrected chi connectivity index (χ3v) is 7.15. The maximum Gasteiger partial charge on any atom is 0.120 e. The molecule has 0 bridgehead atoms. The molecular weight excluding hydrogens is 324 g/mol. The Bertz CT molecular complexity index is 600. The molecule has 0 unspecified atom stereocenters. The van der Waals surface area contributed by atoms with Crippen LogP contribution < -0.4 is 9.64 Å². The summed E-state index contributed by atoms with van der Waals surface area (Å²) in [5.74, 6) is 0.953. The van der Waals surface area contributed by atoms with Crippen molar-refractivity contribution in [2.24, 2.45) is 5.41 Å². The van der Waals surface area contributed by atoms with Crippen LogP contribution in [-0.4, -0.2) is 57.4 Å². The molecule has 4 nitrogen and oxygen atoms in total. The molecular formula is C22H34N2O2. The fourth-order valence-corrected chi connectivity index (χ4v) is 5.75. The molecule has 0 N–H and O–H groups in total. The zero-order chi connectivity index (χ0) is 18.0. The predicted molar refractivity (Wildman–Crippen MR) is 106 cm³/mol. The van der Waals surface area contributed by atoms with Crippen LogP contribution >= 0.6 is 0 Å². The van der Waals surface area contributed by atoms with Crippen LogP contribution in [0.2, 0.25) is 0 Å². The number of rotatable bonds is 4. The highest BCUT2D eigenvalue weighted by molar-refractivity contribution is 5.51. The van der Waals surface area contributed by atoms with E-state index in [0.717, 1.165) is 24.9 Å². The Morgan fingerprint density at radius 2 is 1.81 bits per heavy atom. The monoisotopic (exact) mass is 358 g/mol. The van der Waals surface area contributed by atoms with E-state index in [0.29, 0.717) is 11.5 Å². The third kappa shape index (κ3) is 3.46. The smallest absolute Gasteiger partial charge is 0.120 e. The molecule has 1 saturated carbocycles. The second-order valence-electron chi connectivity index (χ2n) is 8.47. The Balaban J connectivity index is 1.37. The van der Waals surface area contributed by atoms with Crippen molar-refractivity contribution in [2.45, 2.75) is 57.1 Å². The number of hydrogen-bond acceptors (Lipinski definition) is 4. The molecule has 4 rings (SSSR count). The van der Waals surface area contributed by atoms with Gasteiger partial charge in [0.05, 0.1) is 13.2 Å². The minimum Gasteiger partial charge on any atom is -0.497 e. The van der Waals surface area contributed by atoms with E-state index in [9.17, 15) is 0 Å². The molecule has 2 atom stereocenters. The Morgan fingerprint density at radius 1 is 1.00 bits per heavy atom. The summed E-state index contributed by atoms with van der Waals surface area (Å²) < 4.78 is 11.3. The van der Waals surface area contributed by atoms with Crippen LogP contribution in [0.3, 0.4) is 0 Å². The molecule has 0 amide bonds. The van der Waals surface area contributed by atoms with Gasteiger partial charge in [-0.05, 0) is 57.2 Å². The van der Waals surface area contributed by atoms with Crippen LogP contribution in [-0.2, 0) is 4.74 Å². The first-order valence-electron chi connectivity index (χ1n) is 10.4. The molecule has 0 radical (unpaired) electrons. The van der Waals surface area contributed by atoms with E-state index in [1.165, 1.54) is 63.7 Å². The second kappa shape index (κ2) is 7.77. The van der Waals surface area contributed by atoms with Crippen molar-refractivity contribution < 1.29 is 9.47 Å². The van der Waals surface area contributed by atoms with Crippen molar-refractivity contribution in [1.82, 2.24) is 4.90 Å².